The zero-order valence-corrected chi connectivity index (χ0v) is 9.70. The van der Waals surface area contributed by atoms with Gasteiger partial charge in [-0.25, -0.2) is 0 Å². The molecule has 1 amide bonds. The quantitative estimate of drug-likeness (QED) is 0.390. The van der Waals surface area contributed by atoms with Crippen LogP contribution in [0.3, 0.4) is 0 Å². The molecule has 0 aromatic carbocycles. The fourth-order valence-electron chi connectivity index (χ4n) is 3.50. The van der Waals surface area contributed by atoms with Crippen LogP contribution < -0.4 is 5.73 Å². The molecule has 0 saturated heterocycles. The number of rotatable bonds is 1. The van der Waals surface area contributed by atoms with E-state index >= 15 is 0 Å². The Morgan fingerprint density at radius 3 is 2.25 bits per heavy atom. The van der Waals surface area contributed by atoms with Crippen LogP contribution >= 0.6 is 0 Å². The normalized spacial score (nSPS) is 42.9. The van der Waals surface area contributed by atoms with Crippen LogP contribution in [0.1, 0.15) is 33.6 Å². The molecule has 2 atom stereocenters. The Morgan fingerprint density at radius 2 is 1.94 bits per heavy atom. The third kappa shape index (κ3) is 0.750. The van der Waals surface area contributed by atoms with Gasteiger partial charge in [-0.2, -0.15) is 0 Å². The Hall–Kier alpha value is -1.39. The first-order valence-electron chi connectivity index (χ1n) is 5.33. The summed E-state index contributed by atoms with van der Waals surface area (Å²) < 4.78 is 0. The molecule has 2 bridgehead atoms. The van der Waals surface area contributed by atoms with Gasteiger partial charge in [0.05, 0.1) is 0 Å². The number of nitrogens with zero attached hydrogens (tertiary/aromatic N) is 1. The number of carbonyl (C=O) groups excluding carboxylic acids is 2. The molecule has 0 aliphatic heterocycles. The molecule has 5 nitrogen and oxygen atoms in total. The van der Waals surface area contributed by atoms with E-state index in [1.54, 1.807) is 0 Å². The topological polar surface area (TPSA) is 92.8 Å². The number of primary amides is 1. The molecular formula is C11H16N2O3. The molecule has 0 radical (unpaired) electrons. The second kappa shape index (κ2) is 2.64. The minimum atomic E-state index is -1.19. The molecule has 2 aliphatic rings. The van der Waals surface area contributed by atoms with Crippen molar-refractivity contribution in [3.05, 3.63) is 0 Å². The van der Waals surface area contributed by atoms with Crippen molar-refractivity contribution in [1.82, 2.24) is 0 Å². The van der Waals surface area contributed by atoms with Gasteiger partial charge in [-0.1, -0.05) is 25.9 Å². The van der Waals surface area contributed by atoms with E-state index in [0.717, 1.165) is 0 Å². The Bertz CT molecular complexity index is 427. The Balaban J connectivity index is 2.75. The summed E-state index contributed by atoms with van der Waals surface area (Å²) in [6.45, 7) is 5.55. The predicted octanol–water partition coefficient (Wildman–Crippen LogP) is 0.697. The number of fused-ring (bicyclic) bond motifs is 2. The number of carbonyl (C=O) groups is 2. The number of ketones is 1. The number of amides is 1. The smallest absolute Gasteiger partial charge is 0.232 e. The van der Waals surface area contributed by atoms with E-state index in [1.165, 1.54) is 0 Å². The van der Waals surface area contributed by atoms with Crippen molar-refractivity contribution in [1.29, 1.82) is 0 Å². The van der Waals surface area contributed by atoms with Crippen molar-refractivity contribution >= 4 is 17.4 Å². The van der Waals surface area contributed by atoms with Gasteiger partial charge in [0.2, 0.25) is 5.91 Å². The highest BCUT2D eigenvalue weighted by Gasteiger charge is 2.76. The second-order valence-electron chi connectivity index (χ2n) is 5.50. The van der Waals surface area contributed by atoms with Crippen molar-refractivity contribution in [3.63, 3.8) is 0 Å². The molecule has 2 fully saturated rings. The van der Waals surface area contributed by atoms with Crippen LogP contribution in [0, 0.1) is 16.2 Å². The summed E-state index contributed by atoms with van der Waals surface area (Å²) in [5, 5.41) is 12.1. The van der Waals surface area contributed by atoms with E-state index in [9.17, 15) is 9.59 Å². The maximum atomic E-state index is 12.2. The monoisotopic (exact) mass is 224 g/mol. The maximum Gasteiger partial charge on any atom is 0.232 e. The molecule has 0 aromatic heterocycles. The summed E-state index contributed by atoms with van der Waals surface area (Å²) in [5.41, 5.74) is 3.17. The number of oxime groups is 1. The molecule has 5 heteroatoms. The minimum Gasteiger partial charge on any atom is -0.411 e. The standard InChI is InChI=1S/C11H16N2O3/c1-9(2)10(3)4-5-11(9,8(12)15)7(14)6(10)13-16/h16H,4-5H2,1-3H3,(H2,12,15)/b13-6+. The number of nitrogens with two attached hydrogens (primary N) is 1. The largest absolute Gasteiger partial charge is 0.411 e. The lowest BCUT2D eigenvalue weighted by molar-refractivity contribution is -0.141. The van der Waals surface area contributed by atoms with Crippen LogP contribution in [0.5, 0.6) is 0 Å². The molecule has 0 heterocycles. The van der Waals surface area contributed by atoms with Crippen molar-refractivity contribution in [2.75, 3.05) is 0 Å². The Kier molecular flexibility index (Phi) is 1.84. The highest BCUT2D eigenvalue weighted by atomic mass is 16.4. The van der Waals surface area contributed by atoms with E-state index in [-0.39, 0.29) is 5.71 Å². The zero-order valence-electron chi connectivity index (χ0n) is 9.70. The SMILES string of the molecule is CC12CCC(C(N)=O)(C(=O)/C1=N\O)C2(C)C. The lowest BCUT2D eigenvalue weighted by atomic mass is 9.64. The van der Waals surface area contributed by atoms with E-state index in [2.05, 4.69) is 5.16 Å². The van der Waals surface area contributed by atoms with Gasteiger partial charge in [0.25, 0.3) is 0 Å². The fourth-order valence-corrected chi connectivity index (χ4v) is 3.50. The molecule has 2 aliphatic carbocycles. The van der Waals surface area contributed by atoms with Crippen molar-refractivity contribution in [2.24, 2.45) is 27.1 Å². The summed E-state index contributed by atoms with van der Waals surface area (Å²) in [5.74, 6) is -1.01. The number of hydrogen-bond donors (Lipinski definition) is 2. The van der Waals surface area contributed by atoms with Gasteiger partial charge < -0.3 is 10.9 Å². The first-order valence-corrected chi connectivity index (χ1v) is 5.33. The average Bonchev–Trinajstić information content (AvgIpc) is 2.44. The highest BCUT2D eigenvalue weighted by Crippen LogP contribution is 2.69. The first-order chi connectivity index (χ1) is 7.25. The van der Waals surface area contributed by atoms with Crippen LogP contribution in [0.2, 0.25) is 0 Å². The van der Waals surface area contributed by atoms with Gasteiger partial charge >= 0.3 is 0 Å². The molecule has 2 saturated carbocycles. The Labute approximate surface area is 93.7 Å². The van der Waals surface area contributed by atoms with Crippen molar-refractivity contribution < 1.29 is 14.8 Å². The molecule has 0 aromatic rings. The first kappa shape index (κ1) is 11.1. The fraction of sp³-hybridized carbons (Fsp3) is 0.727. The van der Waals surface area contributed by atoms with Crippen LogP contribution in [0.15, 0.2) is 5.16 Å². The average molecular weight is 224 g/mol. The molecule has 3 N–H and O–H groups in total. The van der Waals surface area contributed by atoms with Crippen LogP contribution in [-0.4, -0.2) is 22.6 Å². The number of Topliss-reactive ketones (excluding diaryl/α,β-unsaturated/α-hetero) is 1. The summed E-state index contributed by atoms with van der Waals surface area (Å²) in [6.07, 6.45) is 1.10. The molecule has 2 unspecified atom stereocenters. The van der Waals surface area contributed by atoms with E-state index in [1.807, 2.05) is 20.8 Å². The molecule has 16 heavy (non-hydrogen) atoms. The van der Waals surface area contributed by atoms with E-state index in [4.69, 9.17) is 10.9 Å². The third-order valence-electron chi connectivity index (χ3n) is 5.09. The summed E-state index contributed by atoms with van der Waals surface area (Å²) in [7, 11) is 0. The molecule has 88 valence electrons. The summed E-state index contributed by atoms with van der Waals surface area (Å²) in [4.78, 5) is 23.9. The lowest BCUT2D eigenvalue weighted by Gasteiger charge is -2.36. The highest BCUT2D eigenvalue weighted by molar-refractivity contribution is 6.50. The van der Waals surface area contributed by atoms with Gasteiger partial charge in [0.1, 0.15) is 11.1 Å². The third-order valence-corrected chi connectivity index (χ3v) is 5.09. The van der Waals surface area contributed by atoms with E-state index in [0.29, 0.717) is 12.8 Å². The predicted molar refractivity (Wildman–Crippen MR) is 57.0 cm³/mol. The van der Waals surface area contributed by atoms with Crippen LogP contribution in [-0.2, 0) is 9.59 Å². The van der Waals surface area contributed by atoms with Gasteiger partial charge in [0, 0.05) is 5.41 Å². The molecule has 0 spiro atoms. The van der Waals surface area contributed by atoms with E-state index < -0.39 is 27.9 Å². The van der Waals surface area contributed by atoms with Gasteiger partial charge in [0.15, 0.2) is 5.78 Å². The lowest BCUT2D eigenvalue weighted by Crippen LogP contribution is -2.48. The van der Waals surface area contributed by atoms with Crippen LogP contribution in [0.25, 0.3) is 0 Å². The zero-order chi connectivity index (χ0) is 12.4. The maximum absolute atomic E-state index is 12.2. The minimum absolute atomic E-state index is 0.0996. The Morgan fingerprint density at radius 1 is 1.38 bits per heavy atom. The van der Waals surface area contributed by atoms with Crippen molar-refractivity contribution in [3.8, 4) is 0 Å². The molecule has 2 rings (SSSR count). The van der Waals surface area contributed by atoms with Gasteiger partial charge in [-0.05, 0) is 18.3 Å². The van der Waals surface area contributed by atoms with Gasteiger partial charge in [-0.3, -0.25) is 9.59 Å². The summed E-state index contributed by atoms with van der Waals surface area (Å²) in [6, 6.07) is 0. The second-order valence-corrected chi connectivity index (χ2v) is 5.50. The molecular weight excluding hydrogens is 208 g/mol. The van der Waals surface area contributed by atoms with Crippen LogP contribution in [0.4, 0.5) is 0 Å². The van der Waals surface area contributed by atoms with Gasteiger partial charge in [-0.15, -0.1) is 0 Å². The summed E-state index contributed by atoms with van der Waals surface area (Å²) >= 11 is 0. The number of hydrogen-bond acceptors (Lipinski definition) is 4. The van der Waals surface area contributed by atoms with Crippen molar-refractivity contribution in [2.45, 2.75) is 33.6 Å².